The minimum Gasteiger partial charge on any atom is -0.388 e. The highest BCUT2D eigenvalue weighted by Crippen LogP contribution is 2.26. The molecule has 1 fully saturated rings. The zero-order chi connectivity index (χ0) is 14.7. The highest BCUT2D eigenvalue weighted by molar-refractivity contribution is 5.15. The molecule has 1 aliphatic heterocycles. The first-order valence-corrected chi connectivity index (χ1v) is 7.59. The molecule has 21 heavy (non-hydrogen) atoms. The van der Waals surface area contributed by atoms with Crippen molar-refractivity contribution in [1.29, 1.82) is 0 Å². The lowest BCUT2D eigenvalue weighted by Gasteiger charge is -2.39. The van der Waals surface area contributed by atoms with Crippen LogP contribution in [-0.2, 0) is 20.0 Å². The molecule has 1 unspecified atom stereocenters. The summed E-state index contributed by atoms with van der Waals surface area (Å²) >= 11 is 0. The van der Waals surface area contributed by atoms with Crippen LogP contribution in [0, 0.1) is 0 Å². The third kappa shape index (κ3) is 3.71. The highest BCUT2D eigenvalue weighted by atomic mass is 16.3. The van der Waals surface area contributed by atoms with E-state index in [1.54, 1.807) is 4.68 Å². The van der Waals surface area contributed by atoms with E-state index in [0.717, 1.165) is 38.0 Å². The molecule has 1 aromatic heterocycles. The second-order valence-corrected chi connectivity index (χ2v) is 6.22. The van der Waals surface area contributed by atoms with E-state index >= 15 is 0 Å². The van der Waals surface area contributed by atoms with Gasteiger partial charge in [-0.3, -0.25) is 9.58 Å². The molecule has 2 aromatic rings. The predicted octanol–water partition coefficient (Wildman–Crippen LogP) is 1.99. The molecule has 0 amide bonds. The molecule has 0 radical (unpaired) electrons. The molecule has 1 aliphatic rings. The summed E-state index contributed by atoms with van der Waals surface area (Å²) in [7, 11) is 1.91. The molecule has 1 N–H and O–H groups in total. The quantitative estimate of drug-likeness (QED) is 0.934. The number of piperidine rings is 1. The number of β-amino-alcohol motifs (C(OH)–C–C–N with tert-alkyl or cyclic N) is 1. The number of hydrogen-bond acceptors (Lipinski definition) is 3. The Labute approximate surface area is 126 Å². The number of likely N-dealkylation sites (tertiary alicyclic amines) is 1. The van der Waals surface area contributed by atoms with Crippen LogP contribution in [0.4, 0.5) is 0 Å². The summed E-state index contributed by atoms with van der Waals surface area (Å²) in [4.78, 5) is 2.36. The highest BCUT2D eigenvalue weighted by Gasteiger charge is 2.33. The van der Waals surface area contributed by atoms with Crippen molar-refractivity contribution >= 4 is 0 Å². The second-order valence-electron chi connectivity index (χ2n) is 6.22. The first kappa shape index (κ1) is 14.3. The Kier molecular flexibility index (Phi) is 4.08. The molecule has 112 valence electrons. The normalized spacial score (nSPS) is 23.3. The van der Waals surface area contributed by atoms with Gasteiger partial charge in [-0.15, -0.1) is 0 Å². The maximum absolute atomic E-state index is 10.9. The topological polar surface area (TPSA) is 41.3 Å². The molecular weight excluding hydrogens is 262 g/mol. The van der Waals surface area contributed by atoms with Gasteiger partial charge in [0.2, 0.25) is 0 Å². The second kappa shape index (κ2) is 6.00. The van der Waals surface area contributed by atoms with Gasteiger partial charge in [0, 0.05) is 32.8 Å². The van der Waals surface area contributed by atoms with Gasteiger partial charge in [-0.2, -0.15) is 5.10 Å². The van der Waals surface area contributed by atoms with Crippen LogP contribution in [0.2, 0.25) is 0 Å². The van der Waals surface area contributed by atoms with Crippen molar-refractivity contribution in [3.8, 4) is 0 Å². The van der Waals surface area contributed by atoms with Gasteiger partial charge in [-0.1, -0.05) is 30.3 Å². The van der Waals surface area contributed by atoms with Gasteiger partial charge >= 0.3 is 0 Å². The lowest BCUT2D eigenvalue weighted by atomic mass is 9.87. The van der Waals surface area contributed by atoms with E-state index in [0.29, 0.717) is 6.42 Å². The average Bonchev–Trinajstić information content (AvgIpc) is 2.84. The number of nitrogens with zero attached hydrogens (tertiary/aromatic N) is 3. The van der Waals surface area contributed by atoms with Crippen molar-refractivity contribution in [2.24, 2.45) is 7.05 Å². The van der Waals surface area contributed by atoms with Gasteiger partial charge in [0.25, 0.3) is 0 Å². The Bertz CT molecular complexity index is 581. The Hall–Kier alpha value is -1.65. The smallest absolute Gasteiger partial charge is 0.0815 e. The molecule has 0 spiro atoms. The van der Waals surface area contributed by atoms with Crippen molar-refractivity contribution in [3.05, 3.63) is 53.9 Å². The van der Waals surface area contributed by atoms with E-state index in [-0.39, 0.29) is 0 Å². The van der Waals surface area contributed by atoms with Crippen LogP contribution >= 0.6 is 0 Å². The Morgan fingerprint density at radius 1 is 1.24 bits per heavy atom. The predicted molar refractivity (Wildman–Crippen MR) is 82.8 cm³/mol. The Morgan fingerprint density at radius 2 is 2.05 bits per heavy atom. The lowest BCUT2D eigenvalue weighted by molar-refractivity contribution is -0.0327. The van der Waals surface area contributed by atoms with Crippen molar-refractivity contribution in [1.82, 2.24) is 14.7 Å². The molecule has 1 aromatic carbocycles. The molecule has 1 atom stereocenters. The van der Waals surface area contributed by atoms with Crippen LogP contribution in [0.25, 0.3) is 0 Å². The standard InChI is InChI=1S/C17H23N3O/c1-19-12-16(11-18-19)10-17(21)8-5-9-20(14-17)13-15-6-3-2-4-7-15/h2-4,6-7,11-12,21H,5,8-10,13-14H2,1H3. The summed E-state index contributed by atoms with van der Waals surface area (Å²) in [6, 6.07) is 10.5. The first-order valence-electron chi connectivity index (χ1n) is 7.59. The average molecular weight is 285 g/mol. The maximum atomic E-state index is 10.9. The number of aryl methyl sites for hydroxylation is 1. The van der Waals surface area contributed by atoms with Gasteiger partial charge in [0.1, 0.15) is 0 Å². The van der Waals surface area contributed by atoms with E-state index in [2.05, 4.69) is 34.3 Å². The maximum Gasteiger partial charge on any atom is 0.0815 e. The number of aliphatic hydroxyl groups is 1. The van der Waals surface area contributed by atoms with E-state index in [9.17, 15) is 5.11 Å². The van der Waals surface area contributed by atoms with Gasteiger partial charge in [0.15, 0.2) is 0 Å². The monoisotopic (exact) mass is 285 g/mol. The number of benzene rings is 1. The minimum atomic E-state index is -0.629. The van der Waals surface area contributed by atoms with Crippen molar-refractivity contribution in [2.75, 3.05) is 13.1 Å². The molecule has 0 saturated carbocycles. The van der Waals surface area contributed by atoms with E-state index in [1.807, 2.05) is 25.5 Å². The fourth-order valence-corrected chi connectivity index (χ4v) is 3.27. The zero-order valence-corrected chi connectivity index (χ0v) is 12.6. The molecule has 4 heteroatoms. The summed E-state index contributed by atoms with van der Waals surface area (Å²) in [5.74, 6) is 0. The number of aromatic nitrogens is 2. The minimum absolute atomic E-state index is 0.629. The van der Waals surface area contributed by atoms with Gasteiger partial charge in [-0.25, -0.2) is 0 Å². The van der Waals surface area contributed by atoms with Crippen LogP contribution in [0.5, 0.6) is 0 Å². The van der Waals surface area contributed by atoms with E-state index < -0.39 is 5.60 Å². The largest absolute Gasteiger partial charge is 0.388 e. The molecule has 0 aliphatic carbocycles. The fraction of sp³-hybridized carbons (Fsp3) is 0.471. The zero-order valence-electron chi connectivity index (χ0n) is 12.6. The van der Waals surface area contributed by atoms with Gasteiger partial charge in [-0.05, 0) is 30.5 Å². The molecule has 0 bridgehead atoms. The van der Waals surface area contributed by atoms with Crippen molar-refractivity contribution in [2.45, 2.75) is 31.4 Å². The van der Waals surface area contributed by atoms with Gasteiger partial charge in [0.05, 0.1) is 11.8 Å². The van der Waals surface area contributed by atoms with Crippen LogP contribution in [0.15, 0.2) is 42.7 Å². The fourth-order valence-electron chi connectivity index (χ4n) is 3.27. The SMILES string of the molecule is Cn1cc(CC2(O)CCCN(Cc3ccccc3)C2)cn1. The summed E-state index contributed by atoms with van der Waals surface area (Å²) in [5, 5.41) is 15.1. The summed E-state index contributed by atoms with van der Waals surface area (Å²) in [6.45, 7) is 2.71. The van der Waals surface area contributed by atoms with Crippen LogP contribution in [0.1, 0.15) is 24.0 Å². The molecular formula is C17H23N3O. The van der Waals surface area contributed by atoms with Crippen molar-refractivity contribution < 1.29 is 5.11 Å². The number of rotatable bonds is 4. The van der Waals surface area contributed by atoms with Crippen LogP contribution in [0.3, 0.4) is 0 Å². The molecule has 3 rings (SSSR count). The van der Waals surface area contributed by atoms with Crippen LogP contribution < -0.4 is 0 Å². The third-order valence-electron chi connectivity index (χ3n) is 4.17. The van der Waals surface area contributed by atoms with E-state index in [1.165, 1.54) is 5.56 Å². The first-order chi connectivity index (χ1) is 10.1. The number of hydrogen-bond donors (Lipinski definition) is 1. The molecule has 1 saturated heterocycles. The lowest BCUT2D eigenvalue weighted by Crippen LogP contribution is -2.49. The van der Waals surface area contributed by atoms with Gasteiger partial charge < -0.3 is 5.11 Å². The van der Waals surface area contributed by atoms with E-state index in [4.69, 9.17) is 0 Å². The Morgan fingerprint density at radius 3 is 2.76 bits per heavy atom. The van der Waals surface area contributed by atoms with Crippen molar-refractivity contribution in [3.63, 3.8) is 0 Å². The molecule has 4 nitrogen and oxygen atoms in total. The third-order valence-corrected chi connectivity index (χ3v) is 4.17. The Balaban J connectivity index is 1.64. The summed E-state index contributed by atoms with van der Waals surface area (Å²) in [5.41, 5.74) is 1.79. The van der Waals surface area contributed by atoms with Crippen LogP contribution in [-0.4, -0.2) is 38.5 Å². The molecule has 2 heterocycles. The summed E-state index contributed by atoms with van der Waals surface area (Å²) in [6.07, 6.45) is 6.45. The summed E-state index contributed by atoms with van der Waals surface area (Å²) < 4.78 is 1.79.